The number of carbonyl (C=O) groups excluding carboxylic acids is 3. The van der Waals surface area contributed by atoms with Crippen LogP contribution >= 0.6 is 23.3 Å². The number of carbonyl (C=O) groups is 3. The number of nitrogens with two attached hydrogens (primary N) is 1. The number of β-lactam (4-membered cyclic amide) rings is 1. The first-order chi connectivity index (χ1) is 17.3. The summed E-state index contributed by atoms with van der Waals surface area (Å²) in [5.41, 5.74) is 5.90. The SMILES string of the molecule is CCO/N=C(\C(=O)NC1C(=O)N2C(C(=O)OCc3ccc([N+](=O)[O-])cc3)=CCS[C@H]12)c1nsc(N)n1. The van der Waals surface area contributed by atoms with E-state index in [4.69, 9.17) is 15.3 Å². The third kappa shape index (κ3) is 5.13. The minimum atomic E-state index is -0.920. The Kier molecular flexibility index (Phi) is 7.44. The van der Waals surface area contributed by atoms with E-state index in [0.29, 0.717) is 11.3 Å². The molecular weight excluding hydrogens is 514 g/mol. The second kappa shape index (κ2) is 10.7. The molecular formula is C20H19N7O7S2. The number of nitrogens with zero attached hydrogens (tertiary/aromatic N) is 5. The van der Waals surface area contributed by atoms with E-state index in [9.17, 15) is 24.5 Å². The van der Waals surface area contributed by atoms with Gasteiger partial charge in [-0.15, -0.1) is 11.8 Å². The van der Waals surface area contributed by atoms with E-state index in [-0.39, 0.29) is 41.3 Å². The molecule has 2 atom stereocenters. The lowest BCUT2D eigenvalue weighted by molar-refractivity contribution is -0.384. The fourth-order valence-electron chi connectivity index (χ4n) is 3.32. The van der Waals surface area contributed by atoms with E-state index in [1.807, 2.05) is 0 Å². The lowest BCUT2D eigenvalue weighted by Gasteiger charge is -2.48. The number of nitrogens with one attached hydrogen (secondary N) is 1. The van der Waals surface area contributed by atoms with Gasteiger partial charge in [0.1, 0.15) is 30.3 Å². The number of hydrogen-bond donors (Lipinski definition) is 2. The van der Waals surface area contributed by atoms with Gasteiger partial charge in [-0.05, 0) is 30.7 Å². The number of nitrogen functional groups attached to an aromatic ring is 1. The summed E-state index contributed by atoms with van der Waals surface area (Å²) < 4.78 is 9.26. The highest BCUT2D eigenvalue weighted by Gasteiger charge is 2.53. The molecule has 1 saturated heterocycles. The van der Waals surface area contributed by atoms with Crippen molar-refractivity contribution in [3.05, 3.63) is 57.5 Å². The fraction of sp³-hybridized carbons (Fsp3) is 0.300. The van der Waals surface area contributed by atoms with Crippen LogP contribution in [0.3, 0.4) is 0 Å². The zero-order chi connectivity index (χ0) is 25.8. The van der Waals surface area contributed by atoms with Crippen molar-refractivity contribution in [1.82, 2.24) is 19.6 Å². The molecule has 4 rings (SSSR count). The quantitative estimate of drug-likeness (QED) is 0.152. The molecule has 0 aliphatic carbocycles. The summed E-state index contributed by atoms with van der Waals surface area (Å²) in [5, 5.41) is 16.7. The van der Waals surface area contributed by atoms with Gasteiger partial charge in [-0.1, -0.05) is 5.16 Å². The van der Waals surface area contributed by atoms with Crippen molar-refractivity contribution < 1.29 is 28.9 Å². The van der Waals surface area contributed by atoms with Crippen molar-refractivity contribution in [3.63, 3.8) is 0 Å². The van der Waals surface area contributed by atoms with Gasteiger partial charge in [0.2, 0.25) is 11.5 Å². The van der Waals surface area contributed by atoms with Crippen LogP contribution in [-0.4, -0.2) is 66.5 Å². The van der Waals surface area contributed by atoms with Gasteiger partial charge in [0.05, 0.1) is 4.92 Å². The van der Waals surface area contributed by atoms with Gasteiger partial charge < -0.3 is 20.6 Å². The monoisotopic (exact) mass is 533 g/mol. The summed E-state index contributed by atoms with van der Waals surface area (Å²) >= 11 is 2.24. The van der Waals surface area contributed by atoms with Gasteiger partial charge in [0.15, 0.2) is 5.13 Å². The van der Waals surface area contributed by atoms with Crippen molar-refractivity contribution in [3.8, 4) is 0 Å². The molecule has 2 aliphatic rings. The molecule has 1 unspecified atom stereocenters. The van der Waals surface area contributed by atoms with Crippen molar-refractivity contribution in [2.45, 2.75) is 24.9 Å². The predicted octanol–water partition coefficient (Wildman–Crippen LogP) is 0.796. The van der Waals surface area contributed by atoms with Crippen molar-refractivity contribution >= 4 is 57.6 Å². The number of thioether (sulfide) groups is 1. The lowest BCUT2D eigenvalue weighted by Crippen LogP contribution is -2.70. The van der Waals surface area contributed by atoms with Crippen LogP contribution in [-0.2, 0) is 30.6 Å². The first-order valence-corrected chi connectivity index (χ1v) is 12.3. The molecule has 14 nitrogen and oxygen atoms in total. The van der Waals surface area contributed by atoms with E-state index in [2.05, 4.69) is 19.8 Å². The second-order valence-electron chi connectivity index (χ2n) is 7.29. The molecule has 1 aromatic heterocycles. The van der Waals surface area contributed by atoms with Gasteiger partial charge >= 0.3 is 5.97 Å². The molecule has 0 radical (unpaired) electrons. The first-order valence-electron chi connectivity index (χ1n) is 10.5. The fourth-order valence-corrected chi connectivity index (χ4v) is 4.95. The predicted molar refractivity (Wildman–Crippen MR) is 128 cm³/mol. The average Bonchev–Trinajstić information content (AvgIpc) is 3.31. The number of non-ortho nitro benzene ring substituents is 1. The van der Waals surface area contributed by atoms with Gasteiger partial charge in [0.25, 0.3) is 17.5 Å². The molecule has 36 heavy (non-hydrogen) atoms. The number of nitro benzene ring substituents is 1. The van der Waals surface area contributed by atoms with Crippen LogP contribution < -0.4 is 11.1 Å². The Hall–Kier alpha value is -4.05. The van der Waals surface area contributed by atoms with Gasteiger partial charge in [0, 0.05) is 29.4 Å². The maximum Gasteiger partial charge on any atom is 0.355 e. The summed E-state index contributed by atoms with van der Waals surface area (Å²) in [4.78, 5) is 58.8. The molecule has 188 valence electrons. The van der Waals surface area contributed by atoms with Gasteiger partial charge in [-0.25, -0.2) is 4.79 Å². The number of fused-ring (bicyclic) bond motifs is 1. The molecule has 1 fully saturated rings. The summed E-state index contributed by atoms with van der Waals surface area (Å²) in [7, 11) is 0. The summed E-state index contributed by atoms with van der Waals surface area (Å²) in [6.45, 7) is 1.75. The first kappa shape index (κ1) is 25.1. The third-order valence-corrected chi connectivity index (χ3v) is 6.74. The highest BCUT2D eigenvalue weighted by Crippen LogP contribution is 2.38. The molecule has 2 aromatic rings. The van der Waals surface area contributed by atoms with E-state index < -0.39 is 34.1 Å². The number of rotatable bonds is 9. The minimum absolute atomic E-state index is 0.0289. The molecule has 0 bridgehead atoms. The Balaban J connectivity index is 1.39. The number of oxime groups is 1. The van der Waals surface area contributed by atoms with Crippen molar-refractivity contribution in [2.24, 2.45) is 5.16 Å². The lowest BCUT2D eigenvalue weighted by atomic mass is 10.0. The van der Waals surface area contributed by atoms with Crippen molar-refractivity contribution in [2.75, 3.05) is 18.1 Å². The van der Waals surface area contributed by atoms with Crippen LogP contribution in [0.2, 0.25) is 0 Å². The van der Waals surface area contributed by atoms with Crippen molar-refractivity contribution in [1.29, 1.82) is 0 Å². The molecule has 3 heterocycles. The Morgan fingerprint density at radius 3 is 2.75 bits per heavy atom. The van der Waals surface area contributed by atoms with Crippen LogP contribution in [0.25, 0.3) is 0 Å². The number of esters is 1. The van der Waals surface area contributed by atoms with Crippen LogP contribution in [0.15, 0.2) is 41.2 Å². The largest absolute Gasteiger partial charge is 0.456 e. The Morgan fingerprint density at radius 2 is 2.11 bits per heavy atom. The number of hydrogen-bond acceptors (Lipinski definition) is 13. The van der Waals surface area contributed by atoms with Crippen LogP contribution in [0.5, 0.6) is 0 Å². The van der Waals surface area contributed by atoms with E-state index in [0.717, 1.165) is 11.5 Å². The Labute approximate surface area is 211 Å². The molecule has 0 spiro atoms. The molecule has 16 heteroatoms. The number of benzene rings is 1. The normalized spacial score (nSPS) is 19.0. The molecule has 2 aliphatic heterocycles. The number of aromatic nitrogens is 2. The molecule has 2 amide bonds. The number of ether oxygens (including phenoxy) is 1. The maximum absolute atomic E-state index is 12.9. The van der Waals surface area contributed by atoms with Gasteiger partial charge in [-0.2, -0.15) is 9.36 Å². The average molecular weight is 534 g/mol. The molecule has 1 aromatic carbocycles. The number of amides is 2. The molecule has 0 saturated carbocycles. The van der Waals surface area contributed by atoms with E-state index in [1.165, 1.54) is 40.9 Å². The standard InChI is InChI=1S/C20H19N7O7S2/c1-2-34-24-13(15-23-20(21)36-25-15)16(28)22-14-17(29)26-12(7-8-35-18(14)26)19(30)33-9-10-3-5-11(6-4-10)27(31)32/h3-7,14,18H,2,8-9H2,1H3,(H,22,28)(H2,21,23,25)/b24-13-/t14?,18-/m1/s1. The topological polar surface area (TPSA) is 192 Å². The Morgan fingerprint density at radius 1 is 1.36 bits per heavy atom. The Bertz CT molecular complexity index is 1260. The van der Waals surface area contributed by atoms with Crippen LogP contribution in [0.4, 0.5) is 10.8 Å². The van der Waals surface area contributed by atoms with E-state index in [1.54, 1.807) is 13.0 Å². The highest BCUT2D eigenvalue weighted by molar-refractivity contribution is 8.00. The second-order valence-corrected chi connectivity index (χ2v) is 9.22. The maximum atomic E-state index is 12.9. The molecule has 3 N–H and O–H groups in total. The van der Waals surface area contributed by atoms with E-state index >= 15 is 0 Å². The number of anilines is 1. The zero-order valence-corrected chi connectivity index (χ0v) is 20.3. The number of nitro groups is 1. The zero-order valence-electron chi connectivity index (χ0n) is 18.7. The smallest absolute Gasteiger partial charge is 0.355 e. The third-order valence-electron chi connectivity index (χ3n) is 5.01. The summed E-state index contributed by atoms with van der Waals surface area (Å²) in [5.74, 6) is -1.57. The summed E-state index contributed by atoms with van der Waals surface area (Å²) in [6.07, 6.45) is 1.57. The van der Waals surface area contributed by atoms with Gasteiger partial charge in [-0.3, -0.25) is 24.6 Å². The minimum Gasteiger partial charge on any atom is -0.456 e. The van der Waals surface area contributed by atoms with Crippen LogP contribution in [0.1, 0.15) is 18.3 Å². The highest BCUT2D eigenvalue weighted by atomic mass is 32.2. The van der Waals surface area contributed by atoms with Crippen LogP contribution in [0, 0.1) is 10.1 Å². The summed E-state index contributed by atoms with van der Waals surface area (Å²) in [6, 6.07) is 4.65.